The maximum absolute atomic E-state index is 5.57. The van der Waals surface area contributed by atoms with Gasteiger partial charge in [-0.15, -0.1) is 0 Å². The Labute approximate surface area is 95.1 Å². The molecule has 2 aromatic rings. The van der Waals surface area contributed by atoms with Crippen LogP contribution in [-0.4, -0.2) is 11.6 Å². The lowest BCUT2D eigenvalue weighted by Crippen LogP contribution is -1.97. The van der Waals surface area contributed by atoms with Crippen LogP contribution in [0.3, 0.4) is 0 Å². The van der Waals surface area contributed by atoms with Crippen LogP contribution in [0.4, 0.5) is 0 Å². The first kappa shape index (κ1) is 10.7. The standard InChI is InChI=1S/C13H15NO2/c1-2-3-9-15-13-12(16-10-14-13)11-7-5-4-6-8-11/h4-8,10H,2-3,9H2,1H3. The van der Waals surface area contributed by atoms with Crippen LogP contribution in [-0.2, 0) is 0 Å². The van der Waals surface area contributed by atoms with Crippen molar-refractivity contribution >= 4 is 0 Å². The molecule has 0 aliphatic rings. The third-order valence-corrected chi connectivity index (χ3v) is 2.31. The van der Waals surface area contributed by atoms with Crippen molar-refractivity contribution in [3.05, 3.63) is 36.7 Å². The van der Waals surface area contributed by atoms with Crippen LogP contribution in [0, 0.1) is 0 Å². The first-order valence-corrected chi connectivity index (χ1v) is 5.53. The van der Waals surface area contributed by atoms with Gasteiger partial charge in [0.25, 0.3) is 5.88 Å². The molecule has 0 bridgehead atoms. The Morgan fingerprint density at radius 2 is 2.06 bits per heavy atom. The lowest BCUT2D eigenvalue weighted by molar-refractivity contribution is 0.299. The zero-order valence-corrected chi connectivity index (χ0v) is 9.35. The van der Waals surface area contributed by atoms with Gasteiger partial charge >= 0.3 is 0 Å². The molecule has 0 aliphatic carbocycles. The highest BCUT2D eigenvalue weighted by Gasteiger charge is 2.11. The number of nitrogens with zero attached hydrogens (tertiary/aromatic N) is 1. The Balaban J connectivity index is 2.13. The van der Waals surface area contributed by atoms with Gasteiger partial charge in [0.2, 0.25) is 0 Å². The molecule has 0 unspecified atom stereocenters. The highest BCUT2D eigenvalue weighted by atomic mass is 16.5. The molecule has 2 rings (SSSR count). The molecule has 0 spiro atoms. The molecule has 1 aromatic heterocycles. The van der Waals surface area contributed by atoms with E-state index >= 15 is 0 Å². The first-order chi connectivity index (χ1) is 7.92. The van der Waals surface area contributed by atoms with E-state index in [1.807, 2.05) is 30.3 Å². The first-order valence-electron chi connectivity index (χ1n) is 5.53. The number of oxazole rings is 1. The molecule has 0 saturated carbocycles. The van der Waals surface area contributed by atoms with Gasteiger partial charge in [0, 0.05) is 5.56 Å². The molecule has 0 aliphatic heterocycles. The number of ether oxygens (including phenoxy) is 1. The summed E-state index contributed by atoms with van der Waals surface area (Å²) in [5.74, 6) is 1.29. The fraction of sp³-hybridized carbons (Fsp3) is 0.308. The van der Waals surface area contributed by atoms with E-state index in [9.17, 15) is 0 Å². The number of unbranched alkanes of at least 4 members (excludes halogenated alkanes) is 1. The predicted molar refractivity (Wildman–Crippen MR) is 62.3 cm³/mol. The van der Waals surface area contributed by atoms with Crippen molar-refractivity contribution in [2.24, 2.45) is 0 Å². The Kier molecular flexibility index (Phi) is 3.59. The quantitative estimate of drug-likeness (QED) is 0.719. The molecular weight excluding hydrogens is 202 g/mol. The SMILES string of the molecule is CCCCOc1ncoc1-c1ccccc1. The maximum atomic E-state index is 5.57. The fourth-order valence-electron chi connectivity index (χ4n) is 1.43. The molecule has 1 aromatic carbocycles. The maximum Gasteiger partial charge on any atom is 0.261 e. The minimum atomic E-state index is 0.583. The van der Waals surface area contributed by atoms with E-state index in [2.05, 4.69) is 11.9 Å². The summed E-state index contributed by atoms with van der Waals surface area (Å²) >= 11 is 0. The second-order valence-electron chi connectivity index (χ2n) is 3.55. The second-order valence-corrected chi connectivity index (χ2v) is 3.55. The van der Waals surface area contributed by atoms with Crippen LogP contribution < -0.4 is 4.74 Å². The van der Waals surface area contributed by atoms with Crippen LogP contribution in [0.15, 0.2) is 41.1 Å². The largest absolute Gasteiger partial charge is 0.475 e. The van der Waals surface area contributed by atoms with Crippen molar-refractivity contribution in [3.8, 4) is 17.2 Å². The molecule has 0 saturated heterocycles. The van der Waals surface area contributed by atoms with Crippen molar-refractivity contribution in [2.45, 2.75) is 19.8 Å². The van der Waals surface area contributed by atoms with Gasteiger partial charge in [-0.1, -0.05) is 43.7 Å². The molecule has 1 heterocycles. The smallest absolute Gasteiger partial charge is 0.261 e. The summed E-state index contributed by atoms with van der Waals surface area (Å²) in [5, 5.41) is 0. The third kappa shape index (κ3) is 2.42. The topological polar surface area (TPSA) is 35.3 Å². The van der Waals surface area contributed by atoms with Crippen LogP contribution in [0.1, 0.15) is 19.8 Å². The van der Waals surface area contributed by atoms with Gasteiger partial charge in [0.15, 0.2) is 12.2 Å². The minimum Gasteiger partial charge on any atom is -0.475 e. The number of hydrogen-bond donors (Lipinski definition) is 0. The summed E-state index contributed by atoms with van der Waals surface area (Å²) in [6, 6.07) is 9.86. The number of aromatic nitrogens is 1. The van der Waals surface area contributed by atoms with E-state index in [1.54, 1.807) is 0 Å². The Hall–Kier alpha value is -1.77. The number of rotatable bonds is 5. The zero-order valence-electron chi connectivity index (χ0n) is 9.35. The molecule has 16 heavy (non-hydrogen) atoms. The summed E-state index contributed by atoms with van der Waals surface area (Å²) in [7, 11) is 0. The lowest BCUT2D eigenvalue weighted by Gasteiger charge is -2.03. The van der Waals surface area contributed by atoms with Gasteiger partial charge in [-0.25, -0.2) is 0 Å². The van der Waals surface area contributed by atoms with Crippen LogP contribution in [0.2, 0.25) is 0 Å². The van der Waals surface area contributed by atoms with E-state index < -0.39 is 0 Å². The van der Waals surface area contributed by atoms with E-state index in [4.69, 9.17) is 9.15 Å². The van der Waals surface area contributed by atoms with E-state index in [-0.39, 0.29) is 0 Å². The van der Waals surface area contributed by atoms with Crippen LogP contribution in [0.25, 0.3) is 11.3 Å². The molecule has 0 amide bonds. The van der Waals surface area contributed by atoms with Gasteiger partial charge < -0.3 is 9.15 Å². The number of hydrogen-bond acceptors (Lipinski definition) is 3. The summed E-state index contributed by atoms with van der Waals surface area (Å²) in [6.07, 6.45) is 3.56. The highest BCUT2D eigenvalue weighted by molar-refractivity contribution is 5.61. The average molecular weight is 217 g/mol. The van der Waals surface area contributed by atoms with E-state index in [0.29, 0.717) is 18.2 Å². The van der Waals surface area contributed by atoms with Gasteiger partial charge in [0.05, 0.1) is 6.61 Å². The summed E-state index contributed by atoms with van der Waals surface area (Å²) in [4.78, 5) is 4.08. The van der Waals surface area contributed by atoms with Crippen molar-refractivity contribution in [3.63, 3.8) is 0 Å². The van der Waals surface area contributed by atoms with E-state index in [0.717, 1.165) is 18.4 Å². The van der Waals surface area contributed by atoms with Gasteiger partial charge in [-0.05, 0) is 6.42 Å². The van der Waals surface area contributed by atoms with E-state index in [1.165, 1.54) is 6.39 Å². The Morgan fingerprint density at radius 1 is 1.25 bits per heavy atom. The molecule has 0 fully saturated rings. The molecular formula is C13H15NO2. The van der Waals surface area contributed by atoms with Gasteiger partial charge in [-0.3, -0.25) is 0 Å². The molecule has 0 radical (unpaired) electrons. The van der Waals surface area contributed by atoms with Crippen LogP contribution in [0.5, 0.6) is 5.88 Å². The molecule has 0 atom stereocenters. The van der Waals surface area contributed by atoms with Gasteiger partial charge in [0.1, 0.15) is 0 Å². The fourth-order valence-corrected chi connectivity index (χ4v) is 1.43. The highest BCUT2D eigenvalue weighted by Crippen LogP contribution is 2.28. The van der Waals surface area contributed by atoms with Gasteiger partial charge in [-0.2, -0.15) is 4.98 Å². The third-order valence-electron chi connectivity index (χ3n) is 2.31. The predicted octanol–water partition coefficient (Wildman–Crippen LogP) is 3.52. The van der Waals surface area contributed by atoms with Crippen molar-refractivity contribution in [2.75, 3.05) is 6.61 Å². The lowest BCUT2D eigenvalue weighted by atomic mass is 10.2. The Morgan fingerprint density at radius 3 is 2.81 bits per heavy atom. The summed E-state index contributed by atoms with van der Waals surface area (Å²) in [6.45, 7) is 2.81. The monoisotopic (exact) mass is 217 g/mol. The zero-order chi connectivity index (χ0) is 11.2. The molecule has 3 nitrogen and oxygen atoms in total. The molecule has 84 valence electrons. The second kappa shape index (κ2) is 5.35. The van der Waals surface area contributed by atoms with Crippen molar-refractivity contribution in [1.82, 2.24) is 4.98 Å². The van der Waals surface area contributed by atoms with Crippen LogP contribution >= 0.6 is 0 Å². The summed E-state index contributed by atoms with van der Waals surface area (Å²) in [5.41, 5.74) is 0.992. The summed E-state index contributed by atoms with van der Waals surface area (Å²) < 4.78 is 10.9. The molecule has 3 heteroatoms. The number of benzene rings is 1. The van der Waals surface area contributed by atoms with Crippen molar-refractivity contribution in [1.29, 1.82) is 0 Å². The van der Waals surface area contributed by atoms with Crippen molar-refractivity contribution < 1.29 is 9.15 Å². The average Bonchev–Trinajstić information content (AvgIpc) is 2.79. The Bertz CT molecular complexity index is 423. The molecule has 0 N–H and O–H groups in total. The normalized spacial score (nSPS) is 10.3. The minimum absolute atomic E-state index is 0.583.